The average molecular weight is 337 g/mol. The van der Waals surface area contributed by atoms with Crippen LogP contribution in [0.2, 0.25) is 0 Å². The summed E-state index contributed by atoms with van der Waals surface area (Å²) in [6.45, 7) is 5.42. The lowest BCUT2D eigenvalue weighted by atomic mass is 10.1. The molecule has 2 atom stereocenters. The van der Waals surface area contributed by atoms with Crippen molar-refractivity contribution < 1.29 is 9.59 Å². The topological polar surface area (TPSA) is 61.4 Å². The van der Waals surface area contributed by atoms with Crippen LogP contribution in [0.4, 0.5) is 17.1 Å². The van der Waals surface area contributed by atoms with Crippen LogP contribution in [0.5, 0.6) is 0 Å². The molecule has 0 aromatic heterocycles. The summed E-state index contributed by atoms with van der Waals surface area (Å²) in [4.78, 5) is 25.9. The second-order valence-electron chi connectivity index (χ2n) is 6.51. The Balaban J connectivity index is 1.70. The molecule has 0 fully saturated rings. The van der Waals surface area contributed by atoms with Crippen molar-refractivity contribution in [2.24, 2.45) is 0 Å². The average Bonchev–Trinajstić information content (AvgIpc) is 2.91. The molecular formula is C20H23N3O2. The number of nitrogens with one attached hydrogen (secondary N) is 2. The van der Waals surface area contributed by atoms with Gasteiger partial charge in [0.1, 0.15) is 6.04 Å². The van der Waals surface area contributed by atoms with Gasteiger partial charge >= 0.3 is 0 Å². The van der Waals surface area contributed by atoms with Gasteiger partial charge in [-0.05, 0) is 56.2 Å². The Labute approximate surface area is 148 Å². The van der Waals surface area contributed by atoms with E-state index in [0.29, 0.717) is 0 Å². The quantitative estimate of drug-likeness (QED) is 0.898. The van der Waals surface area contributed by atoms with Gasteiger partial charge in [0.05, 0.1) is 0 Å². The minimum Gasteiger partial charge on any atom is -0.374 e. The molecule has 0 spiro atoms. The van der Waals surface area contributed by atoms with Crippen LogP contribution < -0.4 is 15.5 Å². The van der Waals surface area contributed by atoms with Crippen LogP contribution in [0.15, 0.2) is 48.5 Å². The van der Waals surface area contributed by atoms with Crippen molar-refractivity contribution in [1.29, 1.82) is 0 Å². The van der Waals surface area contributed by atoms with Crippen molar-refractivity contribution in [3.8, 4) is 0 Å². The van der Waals surface area contributed by atoms with Gasteiger partial charge in [0.2, 0.25) is 11.8 Å². The number of amides is 2. The number of anilines is 3. The fraction of sp³-hybridized carbons (Fsp3) is 0.300. The number of carbonyl (C=O) groups is 2. The highest BCUT2D eigenvalue weighted by molar-refractivity contribution is 6.00. The highest BCUT2D eigenvalue weighted by Gasteiger charge is 2.32. The van der Waals surface area contributed by atoms with Crippen molar-refractivity contribution in [3.05, 3.63) is 54.1 Å². The molecule has 0 bridgehead atoms. The van der Waals surface area contributed by atoms with Gasteiger partial charge in [0.15, 0.2) is 0 Å². The predicted octanol–water partition coefficient (Wildman–Crippen LogP) is 3.42. The van der Waals surface area contributed by atoms with Gasteiger partial charge < -0.3 is 15.5 Å². The standard InChI is InChI=1S/C20H23N3O2/c1-13-12-16-6-4-5-7-19(16)23(13)20(25)14(2)21-17-8-10-18(11-9-17)22-15(3)24/h4-11,13-14,21H,12H2,1-3H3,(H,22,24). The van der Waals surface area contributed by atoms with Gasteiger partial charge in [-0.2, -0.15) is 0 Å². The fourth-order valence-electron chi connectivity index (χ4n) is 3.27. The number of hydrogen-bond acceptors (Lipinski definition) is 3. The van der Waals surface area contributed by atoms with Crippen molar-refractivity contribution in [3.63, 3.8) is 0 Å². The van der Waals surface area contributed by atoms with E-state index in [4.69, 9.17) is 0 Å². The summed E-state index contributed by atoms with van der Waals surface area (Å²) in [6.07, 6.45) is 0.889. The van der Waals surface area contributed by atoms with E-state index in [1.807, 2.05) is 54.3 Å². The van der Waals surface area contributed by atoms with Crippen molar-refractivity contribution in [2.45, 2.75) is 39.3 Å². The van der Waals surface area contributed by atoms with Crippen LogP contribution in [0.25, 0.3) is 0 Å². The van der Waals surface area contributed by atoms with Gasteiger partial charge in [0, 0.05) is 30.0 Å². The lowest BCUT2D eigenvalue weighted by Crippen LogP contribution is -2.44. The molecule has 2 amide bonds. The monoisotopic (exact) mass is 337 g/mol. The molecule has 2 unspecified atom stereocenters. The van der Waals surface area contributed by atoms with Crippen molar-refractivity contribution in [2.75, 3.05) is 15.5 Å². The summed E-state index contributed by atoms with van der Waals surface area (Å²) >= 11 is 0. The van der Waals surface area contributed by atoms with Gasteiger partial charge in [-0.15, -0.1) is 0 Å². The van der Waals surface area contributed by atoms with Crippen LogP contribution in [-0.2, 0) is 16.0 Å². The molecule has 130 valence electrons. The molecule has 2 N–H and O–H groups in total. The maximum Gasteiger partial charge on any atom is 0.249 e. The minimum absolute atomic E-state index is 0.0587. The van der Waals surface area contributed by atoms with E-state index in [-0.39, 0.29) is 23.9 Å². The Morgan fingerprint density at radius 1 is 1.08 bits per heavy atom. The highest BCUT2D eigenvalue weighted by atomic mass is 16.2. The molecule has 1 aliphatic rings. The van der Waals surface area contributed by atoms with Crippen LogP contribution in [0.3, 0.4) is 0 Å². The van der Waals surface area contributed by atoms with E-state index >= 15 is 0 Å². The molecule has 5 nitrogen and oxygen atoms in total. The molecule has 0 aliphatic carbocycles. The predicted molar refractivity (Wildman–Crippen MR) is 101 cm³/mol. The minimum atomic E-state index is -0.347. The SMILES string of the molecule is CC(=O)Nc1ccc(NC(C)C(=O)N2c3ccccc3CC2C)cc1. The van der Waals surface area contributed by atoms with E-state index in [0.717, 1.165) is 23.5 Å². The zero-order valence-electron chi connectivity index (χ0n) is 14.7. The second kappa shape index (κ2) is 6.97. The van der Waals surface area contributed by atoms with E-state index in [1.54, 1.807) is 0 Å². The van der Waals surface area contributed by atoms with Gasteiger partial charge in [0.25, 0.3) is 0 Å². The molecule has 2 aromatic carbocycles. The normalized spacial score (nSPS) is 16.9. The van der Waals surface area contributed by atoms with Crippen molar-refractivity contribution in [1.82, 2.24) is 0 Å². The molecule has 0 radical (unpaired) electrons. The lowest BCUT2D eigenvalue weighted by Gasteiger charge is -2.27. The third kappa shape index (κ3) is 3.65. The van der Waals surface area contributed by atoms with E-state index in [2.05, 4.69) is 23.6 Å². The summed E-state index contributed by atoms with van der Waals surface area (Å²) in [7, 11) is 0. The summed E-state index contributed by atoms with van der Waals surface area (Å²) in [5.41, 5.74) is 3.80. The molecule has 0 saturated carbocycles. The summed E-state index contributed by atoms with van der Waals surface area (Å²) in [5.74, 6) is -0.0469. The van der Waals surface area contributed by atoms with Crippen LogP contribution in [0.1, 0.15) is 26.3 Å². The summed E-state index contributed by atoms with van der Waals surface area (Å²) < 4.78 is 0. The van der Waals surface area contributed by atoms with Gasteiger partial charge in [-0.1, -0.05) is 18.2 Å². The van der Waals surface area contributed by atoms with E-state index < -0.39 is 0 Å². The number of para-hydroxylation sites is 1. The number of carbonyl (C=O) groups excluding carboxylic acids is 2. The number of hydrogen-bond donors (Lipinski definition) is 2. The second-order valence-corrected chi connectivity index (χ2v) is 6.51. The molecule has 0 saturated heterocycles. The number of nitrogens with zero attached hydrogens (tertiary/aromatic N) is 1. The number of rotatable bonds is 4. The van der Waals surface area contributed by atoms with Crippen molar-refractivity contribution >= 4 is 28.9 Å². The Morgan fingerprint density at radius 2 is 1.72 bits per heavy atom. The van der Waals surface area contributed by atoms with Gasteiger partial charge in [-0.25, -0.2) is 0 Å². The first-order valence-electron chi connectivity index (χ1n) is 8.51. The zero-order valence-corrected chi connectivity index (χ0v) is 14.7. The largest absolute Gasteiger partial charge is 0.374 e. The smallest absolute Gasteiger partial charge is 0.249 e. The number of benzene rings is 2. The lowest BCUT2D eigenvalue weighted by molar-refractivity contribution is -0.119. The Bertz CT molecular complexity index is 786. The molecule has 3 rings (SSSR count). The maximum atomic E-state index is 12.9. The molecule has 25 heavy (non-hydrogen) atoms. The molecule has 5 heteroatoms. The fourth-order valence-corrected chi connectivity index (χ4v) is 3.27. The first-order chi connectivity index (χ1) is 12.0. The van der Waals surface area contributed by atoms with E-state index in [1.165, 1.54) is 12.5 Å². The molecule has 2 aromatic rings. The Morgan fingerprint density at radius 3 is 2.40 bits per heavy atom. The van der Waals surface area contributed by atoms with E-state index in [9.17, 15) is 9.59 Å². The molecule has 1 heterocycles. The summed E-state index contributed by atoms with van der Waals surface area (Å²) in [5, 5.41) is 5.97. The summed E-state index contributed by atoms with van der Waals surface area (Å²) in [6, 6.07) is 15.2. The Kier molecular flexibility index (Phi) is 4.74. The van der Waals surface area contributed by atoms with Crippen LogP contribution in [-0.4, -0.2) is 23.9 Å². The number of fused-ring (bicyclic) bond motifs is 1. The zero-order chi connectivity index (χ0) is 18.0. The third-order valence-corrected chi connectivity index (χ3v) is 4.40. The maximum absolute atomic E-state index is 12.9. The van der Waals surface area contributed by atoms with Gasteiger partial charge in [-0.3, -0.25) is 9.59 Å². The third-order valence-electron chi connectivity index (χ3n) is 4.40. The first-order valence-corrected chi connectivity index (χ1v) is 8.51. The Hall–Kier alpha value is -2.82. The van der Waals surface area contributed by atoms with Crippen LogP contribution in [0, 0.1) is 0 Å². The first kappa shape index (κ1) is 17.0. The molecular weight excluding hydrogens is 314 g/mol. The van der Waals surface area contributed by atoms with Crippen LogP contribution >= 0.6 is 0 Å². The molecule has 1 aliphatic heterocycles. The highest BCUT2D eigenvalue weighted by Crippen LogP contribution is 2.32.